The molecule has 2 aliphatic rings. The summed E-state index contributed by atoms with van der Waals surface area (Å²) in [6, 6.07) is 11.7. The Labute approximate surface area is 170 Å². The Morgan fingerprint density at radius 2 is 1.83 bits per heavy atom. The lowest BCUT2D eigenvalue weighted by atomic mass is 10.0. The lowest BCUT2D eigenvalue weighted by Crippen LogP contribution is -2.46. The fourth-order valence-corrected chi connectivity index (χ4v) is 4.05. The summed E-state index contributed by atoms with van der Waals surface area (Å²) in [6.45, 7) is 2.77. The molecule has 0 unspecified atom stereocenters. The number of hydrogen-bond donors (Lipinski definition) is 2. The lowest BCUT2D eigenvalue weighted by molar-refractivity contribution is -0.146. The fraction of sp³-hybridized carbons (Fsp3) is 0.391. The molecule has 0 bridgehead atoms. The Balaban J connectivity index is 1.56. The van der Waals surface area contributed by atoms with Crippen molar-refractivity contribution in [3.8, 4) is 22.6 Å². The van der Waals surface area contributed by atoms with E-state index in [0.717, 1.165) is 42.4 Å². The summed E-state index contributed by atoms with van der Waals surface area (Å²) in [5.41, 5.74) is 3.66. The number of rotatable bonds is 2. The van der Waals surface area contributed by atoms with Gasteiger partial charge >= 0.3 is 11.8 Å². The Morgan fingerprint density at radius 3 is 2.55 bits per heavy atom. The number of phenols is 1. The molecule has 6 heteroatoms. The highest BCUT2D eigenvalue weighted by Crippen LogP contribution is 2.37. The number of fused-ring (bicyclic) bond motifs is 1. The van der Waals surface area contributed by atoms with Crippen LogP contribution < -0.4 is 10.1 Å². The van der Waals surface area contributed by atoms with Gasteiger partial charge in [0.05, 0.1) is 13.1 Å². The van der Waals surface area contributed by atoms with Crippen LogP contribution in [0.2, 0.25) is 0 Å². The maximum absolute atomic E-state index is 12.7. The maximum atomic E-state index is 12.7. The van der Waals surface area contributed by atoms with Crippen molar-refractivity contribution in [1.29, 1.82) is 0 Å². The number of benzene rings is 2. The van der Waals surface area contributed by atoms with Crippen LogP contribution in [-0.4, -0.2) is 41.0 Å². The zero-order chi connectivity index (χ0) is 20.4. The topological polar surface area (TPSA) is 78.9 Å². The van der Waals surface area contributed by atoms with Crippen LogP contribution in [0.15, 0.2) is 36.4 Å². The van der Waals surface area contributed by atoms with E-state index in [1.807, 2.05) is 37.3 Å². The van der Waals surface area contributed by atoms with E-state index in [1.165, 1.54) is 4.90 Å². The van der Waals surface area contributed by atoms with Crippen LogP contribution in [0.1, 0.15) is 36.8 Å². The van der Waals surface area contributed by atoms with Gasteiger partial charge < -0.3 is 20.1 Å². The standard InChI is InChI=1S/C23H26N2O4/c1-15-6-8-16(9-7-15)17-12-18-14-25(10-11-29-21(18)20(26)13-17)23(28)22(27)24-19-4-2-3-5-19/h6-9,12-13,19,26H,2-5,10-11,14H2,1H3,(H,24,27). The molecule has 0 spiro atoms. The van der Waals surface area contributed by atoms with Crippen LogP contribution in [0.4, 0.5) is 0 Å². The van der Waals surface area contributed by atoms with Crippen molar-refractivity contribution in [3.05, 3.63) is 47.5 Å². The number of nitrogens with zero attached hydrogens (tertiary/aromatic N) is 1. The van der Waals surface area contributed by atoms with Crippen molar-refractivity contribution >= 4 is 11.8 Å². The molecule has 1 aliphatic carbocycles. The predicted molar refractivity (Wildman–Crippen MR) is 110 cm³/mol. The van der Waals surface area contributed by atoms with E-state index in [4.69, 9.17) is 4.74 Å². The summed E-state index contributed by atoms with van der Waals surface area (Å²) in [4.78, 5) is 26.6. The smallest absolute Gasteiger partial charge is 0.312 e. The normalized spacial score (nSPS) is 16.7. The van der Waals surface area contributed by atoms with E-state index in [2.05, 4.69) is 5.32 Å². The number of hydrogen-bond acceptors (Lipinski definition) is 4. The number of ether oxygens (including phenoxy) is 1. The van der Waals surface area contributed by atoms with E-state index in [1.54, 1.807) is 6.07 Å². The summed E-state index contributed by atoms with van der Waals surface area (Å²) in [5, 5.41) is 13.3. The van der Waals surface area contributed by atoms with Gasteiger partial charge in [0.1, 0.15) is 6.61 Å². The molecule has 2 N–H and O–H groups in total. The molecule has 1 heterocycles. The van der Waals surface area contributed by atoms with Crippen molar-refractivity contribution in [2.75, 3.05) is 13.2 Å². The van der Waals surface area contributed by atoms with Gasteiger partial charge in [0.25, 0.3) is 0 Å². The van der Waals surface area contributed by atoms with E-state index in [9.17, 15) is 14.7 Å². The Morgan fingerprint density at radius 1 is 1.10 bits per heavy atom. The number of carbonyl (C=O) groups is 2. The molecule has 1 saturated carbocycles. The van der Waals surface area contributed by atoms with Gasteiger partial charge in [-0.1, -0.05) is 42.7 Å². The summed E-state index contributed by atoms with van der Waals surface area (Å²) >= 11 is 0. The highest BCUT2D eigenvalue weighted by molar-refractivity contribution is 6.35. The Bertz CT molecular complexity index is 917. The second-order valence-corrected chi connectivity index (χ2v) is 7.88. The van der Waals surface area contributed by atoms with Crippen molar-refractivity contribution in [1.82, 2.24) is 10.2 Å². The summed E-state index contributed by atoms with van der Waals surface area (Å²) in [7, 11) is 0. The number of aromatic hydroxyl groups is 1. The third kappa shape index (κ3) is 4.21. The van der Waals surface area contributed by atoms with Crippen LogP contribution in [0.3, 0.4) is 0 Å². The van der Waals surface area contributed by atoms with Gasteiger partial charge in [-0.05, 0) is 43.0 Å². The molecule has 4 rings (SSSR count). The number of carbonyl (C=O) groups excluding carboxylic acids is 2. The van der Waals surface area contributed by atoms with Gasteiger partial charge in [-0.15, -0.1) is 0 Å². The lowest BCUT2D eigenvalue weighted by Gasteiger charge is -2.21. The molecule has 2 amide bonds. The summed E-state index contributed by atoms with van der Waals surface area (Å²) in [5.74, 6) is -0.678. The molecule has 1 aliphatic heterocycles. The first-order chi connectivity index (χ1) is 14.0. The van der Waals surface area contributed by atoms with Crippen LogP contribution in [0, 0.1) is 6.92 Å². The van der Waals surface area contributed by atoms with Crippen molar-refractivity contribution in [2.45, 2.75) is 45.2 Å². The quantitative estimate of drug-likeness (QED) is 0.767. The molecule has 0 radical (unpaired) electrons. The van der Waals surface area contributed by atoms with Crippen LogP contribution >= 0.6 is 0 Å². The molecule has 29 heavy (non-hydrogen) atoms. The molecular formula is C23H26N2O4. The monoisotopic (exact) mass is 394 g/mol. The summed E-state index contributed by atoms with van der Waals surface area (Å²) < 4.78 is 5.71. The zero-order valence-electron chi connectivity index (χ0n) is 16.6. The highest BCUT2D eigenvalue weighted by atomic mass is 16.5. The minimum Gasteiger partial charge on any atom is -0.504 e. The van der Waals surface area contributed by atoms with Gasteiger partial charge in [-0.3, -0.25) is 9.59 Å². The Hall–Kier alpha value is -3.02. The zero-order valence-corrected chi connectivity index (χ0v) is 16.6. The van der Waals surface area contributed by atoms with Crippen molar-refractivity contribution in [3.63, 3.8) is 0 Å². The molecule has 2 aromatic carbocycles. The predicted octanol–water partition coefficient (Wildman–Crippen LogP) is 3.15. The molecular weight excluding hydrogens is 368 g/mol. The third-order valence-corrected chi connectivity index (χ3v) is 5.67. The van der Waals surface area contributed by atoms with Crippen LogP contribution in [0.5, 0.6) is 11.5 Å². The van der Waals surface area contributed by atoms with E-state index >= 15 is 0 Å². The van der Waals surface area contributed by atoms with E-state index in [-0.39, 0.29) is 24.9 Å². The maximum Gasteiger partial charge on any atom is 0.312 e. The summed E-state index contributed by atoms with van der Waals surface area (Å²) in [6.07, 6.45) is 4.04. The average Bonchev–Trinajstić information content (AvgIpc) is 3.11. The molecule has 152 valence electrons. The van der Waals surface area contributed by atoms with E-state index < -0.39 is 11.8 Å². The van der Waals surface area contributed by atoms with Gasteiger partial charge in [-0.2, -0.15) is 0 Å². The molecule has 6 nitrogen and oxygen atoms in total. The van der Waals surface area contributed by atoms with Gasteiger partial charge in [0.2, 0.25) is 0 Å². The first-order valence-corrected chi connectivity index (χ1v) is 10.2. The SMILES string of the molecule is Cc1ccc(-c2cc(O)c3c(c2)CN(C(=O)C(=O)NC2CCCC2)CCO3)cc1. The van der Waals surface area contributed by atoms with Crippen LogP contribution in [0.25, 0.3) is 11.1 Å². The second kappa shape index (κ2) is 8.15. The molecule has 0 saturated heterocycles. The van der Waals surface area contributed by atoms with Crippen LogP contribution in [-0.2, 0) is 16.1 Å². The number of aryl methyl sites for hydroxylation is 1. The number of phenolic OH excluding ortho intramolecular Hbond substituents is 1. The molecule has 0 atom stereocenters. The second-order valence-electron chi connectivity index (χ2n) is 7.88. The molecule has 2 aromatic rings. The molecule has 1 fully saturated rings. The van der Waals surface area contributed by atoms with Gasteiger partial charge in [0, 0.05) is 11.6 Å². The third-order valence-electron chi connectivity index (χ3n) is 5.67. The minimum absolute atomic E-state index is 0.0442. The van der Waals surface area contributed by atoms with Crippen molar-refractivity contribution in [2.24, 2.45) is 0 Å². The molecule has 0 aromatic heterocycles. The fourth-order valence-electron chi connectivity index (χ4n) is 4.05. The number of amides is 2. The average molecular weight is 394 g/mol. The minimum atomic E-state index is -0.556. The first kappa shape index (κ1) is 19.3. The Kier molecular flexibility index (Phi) is 5.43. The first-order valence-electron chi connectivity index (χ1n) is 10.2. The van der Waals surface area contributed by atoms with Crippen molar-refractivity contribution < 1.29 is 19.4 Å². The highest BCUT2D eigenvalue weighted by Gasteiger charge is 2.28. The van der Waals surface area contributed by atoms with E-state index in [0.29, 0.717) is 17.9 Å². The largest absolute Gasteiger partial charge is 0.504 e. The van der Waals surface area contributed by atoms with Gasteiger partial charge in [0.15, 0.2) is 11.5 Å². The van der Waals surface area contributed by atoms with Gasteiger partial charge in [-0.25, -0.2) is 0 Å². The number of nitrogens with one attached hydrogen (secondary N) is 1.